The van der Waals surface area contributed by atoms with E-state index in [2.05, 4.69) is 4.74 Å². The maximum absolute atomic E-state index is 13.8. The number of ether oxygens (including phenoxy) is 1. The molecular formula is C14H17BClFO4. The molecule has 1 aliphatic heterocycles. The van der Waals surface area contributed by atoms with Gasteiger partial charge in [0.05, 0.1) is 28.9 Å². The van der Waals surface area contributed by atoms with Crippen molar-refractivity contribution in [2.75, 3.05) is 7.11 Å². The van der Waals surface area contributed by atoms with E-state index in [4.69, 9.17) is 20.9 Å². The zero-order valence-electron chi connectivity index (χ0n) is 12.6. The minimum atomic E-state index is -0.846. The van der Waals surface area contributed by atoms with Crippen molar-refractivity contribution in [3.8, 4) is 0 Å². The van der Waals surface area contributed by atoms with Gasteiger partial charge in [-0.3, -0.25) is 0 Å². The van der Waals surface area contributed by atoms with Crippen molar-refractivity contribution in [3.63, 3.8) is 0 Å². The topological polar surface area (TPSA) is 44.8 Å². The van der Waals surface area contributed by atoms with Crippen LogP contribution >= 0.6 is 11.6 Å². The van der Waals surface area contributed by atoms with Gasteiger partial charge in [0.15, 0.2) is 0 Å². The van der Waals surface area contributed by atoms with Gasteiger partial charge in [0.1, 0.15) is 5.82 Å². The van der Waals surface area contributed by atoms with E-state index < -0.39 is 30.1 Å². The van der Waals surface area contributed by atoms with Crippen molar-refractivity contribution in [1.82, 2.24) is 0 Å². The first-order valence-corrected chi connectivity index (χ1v) is 6.90. The Labute approximate surface area is 128 Å². The van der Waals surface area contributed by atoms with Crippen molar-refractivity contribution in [2.45, 2.75) is 38.9 Å². The molecule has 0 aromatic heterocycles. The Morgan fingerprint density at radius 2 is 1.76 bits per heavy atom. The van der Waals surface area contributed by atoms with Gasteiger partial charge in [-0.05, 0) is 39.8 Å². The summed E-state index contributed by atoms with van der Waals surface area (Å²) in [4.78, 5) is 11.7. The van der Waals surface area contributed by atoms with Gasteiger partial charge in [-0.25, -0.2) is 9.18 Å². The van der Waals surface area contributed by atoms with Crippen molar-refractivity contribution in [2.24, 2.45) is 0 Å². The first-order valence-electron chi connectivity index (χ1n) is 6.52. The lowest BCUT2D eigenvalue weighted by Crippen LogP contribution is -2.41. The predicted octanol–water partition coefficient (Wildman–Crippen LogP) is 2.56. The van der Waals surface area contributed by atoms with Gasteiger partial charge in [0, 0.05) is 5.46 Å². The van der Waals surface area contributed by atoms with E-state index in [9.17, 15) is 9.18 Å². The molecule has 114 valence electrons. The Hall–Kier alpha value is -1.11. The fraction of sp³-hybridized carbons (Fsp3) is 0.500. The summed E-state index contributed by atoms with van der Waals surface area (Å²) in [6.45, 7) is 7.51. The lowest BCUT2D eigenvalue weighted by atomic mass is 9.78. The minimum Gasteiger partial charge on any atom is -0.465 e. The molecule has 21 heavy (non-hydrogen) atoms. The standard InChI is InChI=1S/C14H17BClFO4/c1-13(2)14(3,4)21-15(20-13)10-7-8(17)6-9(11(10)16)12(18)19-5/h6-7H,1-5H3. The van der Waals surface area contributed by atoms with Crippen LogP contribution in [0.5, 0.6) is 0 Å². The highest BCUT2D eigenvalue weighted by atomic mass is 35.5. The van der Waals surface area contributed by atoms with Crippen LogP contribution in [0.1, 0.15) is 38.1 Å². The minimum absolute atomic E-state index is 0.0520. The summed E-state index contributed by atoms with van der Waals surface area (Å²) in [7, 11) is 0.361. The highest BCUT2D eigenvalue weighted by molar-refractivity contribution is 6.66. The third-order valence-electron chi connectivity index (χ3n) is 3.98. The van der Waals surface area contributed by atoms with Crippen LogP contribution < -0.4 is 5.46 Å². The molecule has 0 aliphatic carbocycles. The maximum atomic E-state index is 13.8. The molecule has 2 rings (SSSR count). The second-order valence-corrected chi connectivity index (χ2v) is 6.31. The summed E-state index contributed by atoms with van der Waals surface area (Å²) in [5.74, 6) is -1.32. The number of hydrogen-bond donors (Lipinski definition) is 0. The molecule has 1 fully saturated rings. The lowest BCUT2D eigenvalue weighted by Gasteiger charge is -2.32. The molecule has 1 aromatic carbocycles. The second kappa shape index (κ2) is 5.27. The van der Waals surface area contributed by atoms with Gasteiger partial charge in [-0.2, -0.15) is 0 Å². The van der Waals surface area contributed by atoms with Crippen LogP contribution in [0, 0.1) is 5.82 Å². The average Bonchev–Trinajstić information content (AvgIpc) is 2.59. The van der Waals surface area contributed by atoms with Crippen molar-refractivity contribution in [1.29, 1.82) is 0 Å². The summed E-state index contributed by atoms with van der Waals surface area (Å²) >= 11 is 6.19. The molecule has 0 saturated carbocycles. The SMILES string of the molecule is COC(=O)c1cc(F)cc(B2OC(C)(C)C(C)(C)O2)c1Cl. The van der Waals surface area contributed by atoms with E-state index in [-0.39, 0.29) is 16.0 Å². The van der Waals surface area contributed by atoms with Crippen molar-refractivity contribution < 1.29 is 23.2 Å². The highest BCUT2D eigenvalue weighted by Gasteiger charge is 2.52. The predicted molar refractivity (Wildman–Crippen MR) is 78.5 cm³/mol. The molecular weight excluding hydrogens is 297 g/mol. The van der Waals surface area contributed by atoms with E-state index in [1.165, 1.54) is 13.2 Å². The molecule has 7 heteroatoms. The molecule has 0 bridgehead atoms. The van der Waals surface area contributed by atoms with Crippen molar-refractivity contribution in [3.05, 3.63) is 28.5 Å². The zero-order chi connectivity index (χ0) is 16.0. The van der Waals surface area contributed by atoms with Crippen LogP contribution in [0.25, 0.3) is 0 Å². The van der Waals surface area contributed by atoms with Crippen LogP contribution in [0.3, 0.4) is 0 Å². The Morgan fingerprint density at radius 3 is 2.24 bits per heavy atom. The van der Waals surface area contributed by atoms with Gasteiger partial charge in [0.2, 0.25) is 0 Å². The molecule has 1 aliphatic rings. The molecule has 0 atom stereocenters. The van der Waals surface area contributed by atoms with E-state index in [0.29, 0.717) is 0 Å². The Morgan fingerprint density at radius 1 is 1.24 bits per heavy atom. The summed E-state index contributed by atoms with van der Waals surface area (Å²) < 4.78 is 30.0. The van der Waals surface area contributed by atoms with Crippen LogP contribution in [0.15, 0.2) is 12.1 Å². The Kier molecular flexibility index (Phi) is 4.08. The van der Waals surface area contributed by atoms with Gasteiger partial charge in [-0.1, -0.05) is 11.6 Å². The van der Waals surface area contributed by atoms with Crippen LogP contribution in [-0.4, -0.2) is 31.4 Å². The Bertz CT molecular complexity index is 573. The zero-order valence-corrected chi connectivity index (χ0v) is 13.4. The molecule has 0 spiro atoms. The summed E-state index contributed by atoms with van der Waals surface area (Å²) in [5, 5.41) is 0.0711. The number of esters is 1. The molecule has 4 nitrogen and oxygen atoms in total. The quantitative estimate of drug-likeness (QED) is 0.622. The van der Waals surface area contributed by atoms with Gasteiger partial charge >= 0.3 is 13.1 Å². The monoisotopic (exact) mass is 314 g/mol. The molecule has 0 unspecified atom stereocenters. The second-order valence-electron chi connectivity index (χ2n) is 5.94. The molecule has 0 N–H and O–H groups in total. The van der Waals surface area contributed by atoms with E-state index >= 15 is 0 Å². The number of halogens is 2. The van der Waals surface area contributed by atoms with Gasteiger partial charge < -0.3 is 14.0 Å². The highest BCUT2D eigenvalue weighted by Crippen LogP contribution is 2.37. The smallest absolute Gasteiger partial charge is 0.465 e. The van der Waals surface area contributed by atoms with E-state index in [1.807, 2.05) is 27.7 Å². The van der Waals surface area contributed by atoms with Gasteiger partial charge in [-0.15, -0.1) is 0 Å². The third kappa shape index (κ3) is 2.80. The first-order chi connectivity index (χ1) is 9.59. The number of benzene rings is 1. The number of methoxy groups -OCH3 is 1. The maximum Gasteiger partial charge on any atom is 0.496 e. The van der Waals surface area contributed by atoms with E-state index in [1.54, 1.807) is 0 Å². The summed E-state index contributed by atoms with van der Waals surface area (Å²) in [6.07, 6.45) is 0. The molecule has 0 radical (unpaired) electrons. The molecule has 1 aromatic rings. The fourth-order valence-corrected chi connectivity index (χ4v) is 2.29. The van der Waals surface area contributed by atoms with Gasteiger partial charge in [0.25, 0.3) is 0 Å². The Balaban J connectivity index is 2.47. The third-order valence-corrected chi connectivity index (χ3v) is 4.40. The molecule has 1 saturated heterocycles. The largest absolute Gasteiger partial charge is 0.496 e. The van der Waals surface area contributed by atoms with Crippen LogP contribution in [-0.2, 0) is 14.0 Å². The van der Waals surface area contributed by atoms with Crippen LogP contribution in [0.4, 0.5) is 4.39 Å². The summed E-state index contributed by atoms with van der Waals surface area (Å²) in [5.41, 5.74) is -0.947. The average molecular weight is 315 g/mol. The summed E-state index contributed by atoms with van der Waals surface area (Å²) in [6, 6.07) is 2.24. The fourth-order valence-electron chi connectivity index (χ4n) is 2.01. The first kappa shape index (κ1) is 16.3. The van der Waals surface area contributed by atoms with E-state index in [0.717, 1.165) is 6.07 Å². The normalized spacial score (nSPS) is 19.7. The molecule has 0 amide bonds. The van der Waals surface area contributed by atoms with Crippen molar-refractivity contribution >= 4 is 30.2 Å². The number of carbonyl (C=O) groups excluding carboxylic acids is 1. The number of carbonyl (C=O) groups is 1. The van der Waals surface area contributed by atoms with Crippen LogP contribution in [0.2, 0.25) is 5.02 Å². The number of hydrogen-bond acceptors (Lipinski definition) is 4. The lowest BCUT2D eigenvalue weighted by molar-refractivity contribution is 0.00578. The number of rotatable bonds is 2. The molecule has 1 heterocycles.